The molecule has 1 fully saturated rings. The Labute approximate surface area is 170 Å². The summed E-state index contributed by atoms with van der Waals surface area (Å²) in [4.78, 5) is 16.8. The van der Waals surface area contributed by atoms with Crippen LogP contribution in [-0.2, 0) is 9.53 Å². The molecule has 1 aromatic carbocycles. The van der Waals surface area contributed by atoms with Crippen molar-refractivity contribution in [3.63, 3.8) is 0 Å². The molecule has 1 aromatic heterocycles. The summed E-state index contributed by atoms with van der Waals surface area (Å²) in [5.74, 6) is 3.75. The first-order chi connectivity index (χ1) is 13.7. The van der Waals surface area contributed by atoms with Crippen LogP contribution in [0.25, 0.3) is 0 Å². The van der Waals surface area contributed by atoms with Crippen molar-refractivity contribution < 1.29 is 18.3 Å². The Morgan fingerprint density at radius 2 is 1.97 bits per heavy atom. The van der Waals surface area contributed by atoms with Gasteiger partial charge in [-0.15, -0.1) is 0 Å². The minimum Gasteiger partial charge on any atom is -0.460 e. The Morgan fingerprint density at radius 3 is 2.62 bits per heavy atom. The predicted molar refractivity (Wildman–Crippen MR) is 107 cm³/mol. The molecule has 3 rings (SSSR count). The first-order valence-corrected chi connectivity index (χ1v) is 9.77. The lowest BCUT2D eigenvalue weighted by Gasteiger charge is -2.37. The molecule has 0 amide bonds. The zero-order chi connectivity index (χ0) is 21.1. The molecule has 152 valence electrons. The highest BCUT2D eigenvalue weighted by molar-refractivity contribution is 5.74. The molecule has 1 heterocycles. The summed E-state index contributed by atoms with van der Waals surface area (Å²) in [6.07, 6.45) is 1.82. The molecule has 0 spiro atoms. The van der Waals surface area contributed by atoms with Gasteiger partial charge in [-0.25, -0.2) is 13.8 Å². The number of nitrogens with zero attached hydrogens (tertiary/aromatic N) is 1. The van der Waals surface area contributed by atoms with E-state index in [0.29, 0.717) is 6.42 Å². The molecule has 2 aromatic rings. The van der Waals surface area contributed by atoms with E-state index < -0.39 is 23.0 Å². The number of aromatic nitrogens is 1. The molecule has 3 nitrogen and oxygen atoms in total. The molecule has 0 bridgehead atoms. The fourth-order valence-corrected chi connectivity index (χ4v) is 3.65. The number of alkyl halides is 1. The van der Waals surface area contributed by atoms with Crippen LogP contribution in [0.1, 0.15) is 57.2 Å². The van der Waals surface area contributed by atoms with E-state index in [2.05, 4.69) is 16.8 Å². The van der Waals surface area contributed by atoms with Crippen LogP contribution in [0.15, 0.2) is 48.7 Å². The monoisotopic (exact) mass is 397 g/mol. The fraction of sp³-hybridized carbons (Fsp3) is 0.417. The Bertz CT molecular complexity index is 927. The maximum absolute atomic E-state index is 15.6. The molecule has 1 aliphatic rings. The molecular formula is C24H25F2NO2. The van der Waals surface area contributed by atoms with E-state index >= 15 is 4.39 Å². The van der Waals surface area contributed by atoms with Crippen molar-refractivity contribution in [2.45, 2.75) is 57.2 Å². The minimum absolute atomic E-state index is 0.0727. The van der Waals surface area contributed by atoms with Crippen molar-refractivity contribution in [1.82, 2.24) is 4.98 Å². The van der Waals surface area contributed by atoms with Crippen LogP contribution in [0.5, 0.6) is 0 Å². The molecule has 0 aliphatic heterocycles. The van der Waals surface area contributed by atoms with Gasteiger partial charge in [0.1, 0.15) is 17.1 Å². The minimum atomic E-state index is -1.78. The summed E-state index contributed by atoms with van der Waals surface area (Å²) in [5, 5.41) is 0. The van der Waals surface area contributed by atoms with Crippen molar-refractivity contribution in [2.24, 2.45) is 5.92 Å². The van der Waals surface area contributed by atoms with Crippen LogP contribution in [0.4, 0.5) is 8.78 Å². The van der Waals surface area contributed by atoms with E-state index in [0.717, 1.165) is 5.56 Å². The number of hydrogen-bond donors (Lipinski definition) is 0. The van der Waals surface area contributed by atoms with Gasteiger partial charge in [0, 0.05) is 24.6 Å². The summed E-state index contributed by atoms with van der Waals surface area (Å²) < 4.78 is 34.5. The third kappa shape index (κ3) is 5.63. The fourth-order valence-electron chi connectivity index (χ4n) is 3.65. The molecule has 0 unspecified atom stereocenters. The predicted octanol–water partition coefficient (Wildman–Crippen LogP) is 5.21. The second kappa shape index (κ2) is 8.32. The molecule has 1 aliphatic carbocycles. The SMILES string of the molecule is CC(C)(C)OC(=O)[C@@H]1CC[C@@](F)(C#Cc2cc(F)ccn2)C[C@H]1c1ccccc1. The third-order valence-corrected chi connectivity index (χ3v) is 4.95. The smallest absolute Gasteiger partial charge is 0.310 e. The second-order valence-electron chi connectivity index (χ2n) is 8.47. The number of benzene rings is 1. The maximum atomic E-state index is 15.6. The van der Waals surface area contributed by atoms with Gasteiger partial charge in [0.05, 0.1) is 5.92 Å². The van der Waals surface area contributed by atoms with Gasteiger partial charge >= 0.3 is 5.97 Å². The topological polar surface area (TPSA) is 39.2 Å². The van der Waals surface area contributed by atoms with E-state index in [1.165, 1.54) is 18.3 Å². The summed E-state index contributed by atoms with van der Waals surface area (Å²) in [6.45, 7) is 5.46. The van der Waals surface area contributed by atoms with Crippen molar-refractivity contribution in [3.8, 4) is 11.8 Å². The average molecular weight is 397 g/mol. The van der Waals surface area contributed by atoms with Crippen LogP contribution >= 0.6 is 0 Å². The largest absolute Gasteiger partial charge is 0.460 e. The Morgan fingerprint density at radius 1 is 1.24 bits per heavy atom. The number of esters is 1. The molecular weight excluding hydrogens is 372 g/mol. The third-order valence-electron chi connectivity index (χ3n) is 4.95. The van der Waals surface area contributed by atoms with Gasteiger partial charge in [-0.1, -0.05) is 36.3 Å². The van der Waals surface area contributed by atoms with Crippen molar-refractivity contribution in [1.29, 1.82) is 0 Å². The molecule has 5 heteroatoms. The molecule has 0 saturated heterocycles. The molecule has 0 radical (unpaired) electrons. The van der Waals surface area contributed by atoms with E-state index in [9.17, 15) is 9.18 Å². The second-order valence-corrected chi connectivity index (χ2v) is 8.47. The van der Waals surface area contributed by atoms with Crippen molar-refractivity contribution in [2.75, 3.05) is 0 Å². The number of pyridine rings is 1. The molecule has 0 N–H and O–H groups in total. The van der Waals surface area contributed by atoms with Gasteiger partial charge < -0.3 is 4.74 Å². The van der Waals surface area contributed by atoms with Crippen molar-refractivity contribution in [3.05, 3.63) is 65.7 Å². The molecule has 1 saturated carbocycles. The first-order valence-electron chi connectivity index (χ1n) is 9.77. The number of hydrogen-bond acceptors (Lipinski definition) is 3. The molecule has 29 heavy (non-hydrogen) atoms. The highest BCUT2D eigenvalue weighted by atomic mass is 19.1. The lowest BCUT2D eigenvalue weighted by Crippen LogP contribution is -2.39. The first kappa shape index (κ1) is 21.0. The normalized spacial score (nSPS) is 24.3. The average Bonchev–Trinajstić information content (AvgIpc) is 2.66. The lowest BCUT2D eigenvalue weighted by molar-refractivity contribution is -0.162. The Kier molecular flexibility index (Phi) is 6.02. The van der Waals surface area contributed by atoms with Crippen LogP contribution in [0.2, 0.25) is 0 Å². The highest BCUT2D eigenvalue weighted by Crippen LogP contribution is 2.45. The van der Waals surface area contributed by atoms with E-state index in [-0.39, 0.29) is 30.4 Å². The summed E-state index contributed by atoms with van der Waals surface area (Å²) in [7, 11) is 0. The van der Waals surface area contributed by atoms with E-state index in [1.54, 1.807) is 0 Å². The summed E-state index contributed by atoms with van der Waals surface area (Å²) in [6, 6.07) is 11.8. The quantitative estimate of drug-likeness (QED) is 0.516. The van der Waals surface area contributed by atoms with Gasteiger partial charge in [-0.3, -0.25) is 4.79 Å². The standard InChI is InChI=1S/C24H25F2NO2/c1-23(2,3)29-22(28)20-10-13-24(26,12-9-19-15-18(25)11-14-27-19)16-21(20)17-7-5-4-6-8-17/h4-8,11,14-15,20-21H,10,13,16H2,1-3H3/t20-,21+,24+/m1/s1. The van der Waals surface area contributed by atoms with Crippen LogP contribution in [-0.4, -0.2) is 22.2 Å². The van der Waals surface area contributed by atoms with Gasteiger partial charge in [0.2, 0.25) is 0 Å². The van der Waals surface area contributed by atoms with Crippen LogP contribution in [0, 0.1) is 23.6 Å². The molecule has 3 atom stereocenters. The zero-order valence-corrected chi connectivity index (χ0v) is 16.9. The van der Waals surface area contributed by atoms with Crippen LogP contribution < -0.4 is 0 Å². The van der Waals surface area contributed by atoms with Gasteiger partial charge in [-0.2, -0.15) is 0 Å². The Balaban J connectivity index is 1.87. The highest BCUT2D eigenvalue weighted by Gasteiger charge is 2.45. The lowest BCUT2D eigenvalue weighted by atomic mass is 9.70. The van der Waals surface area contributed by atoms with E-state index in [1.807, 2.05) is 51.1 Å². The van der Waals surface area contributed by atoms with Gasteiger partial charge in [0.25, 0.3) is 0 Å². The zero-order valence-electron chi connectivity index (χ0n) is 16.9. The number of ether oxygens (including phenoxy) is 1. The summed E-state index contributed by atoms with van der Waals surface area (Å²) >= 11 is 0. The van der Waals surface area contributed by atoms with E-state index in [4.69, 9.17) is 4.74 Å². The van der Waals surface area contributed by atoms with Gasteiger partial charge in [0.15, 0.2) is 5.67 Å². The number of carbonyl (C=O) groups excluding carboxylic acids is 1. The number of carbonyl (C=O) groups is 1. The number of halogens is 2. The van der Waals surface area contributed by atoms with Gasteiger partial charge in [-0.05, 0) is 51.2 Å². The van der Waals surface area contributed by atoms with Crippen molar-refractivity contribution >= 4 is 5.97 Å². The maximum Gasteiger partial charge on any atom is 0.310 e. The summed E-state index contributed by atoms with van der Waals surface area (Å²) in [5.41, 5.74) is -1.32. The number of rotatable bonds is 2. The Hall–Kier alpha value is -2.74. The van der Waals surface area contributed by atoms with Crippen LogP contribution in [0.3, 0.4) is 0 Å².